The van der Waals surface area contributed by atoms with Crippen LogP contribution in [-0.4, -0.2) is 63.5 Å². The highest BCUT2D eigenvalue weighted by Crippen LogP contribution is 2.26. The second-order valence-corrected chi connectivity index (χ2v) is 9.96. The van der Waals surface area contributed by atoms with Crippen LogP contribution in [0.5, 0.6) is 5.75 Å². The fourth-order valence-corrected chi connectivity index (χ4v) is 4.46. The smallest absolute Gasteiger partial charge is 0.342 e. The van der Waals surface area contributed by atoms with Crippen molar-refractivity contribution < 1.29 is 23.8 Å². The minimum absolute atomic E-state index is 0.00654. The van der Waals surface area contributed by atoms with Crippen LogP contribution < -0.4 is 10.4 Å². The van der Waals surface area contributed by atoms with E-state index < -0.39 is 17.7 Å². The number of hydrogen-bond acceptors (Lipinski definition) is 6. The fourth-order valence-electron chi connectivity index (χ4n) is 4.46. The molecule has 1 aliphatic rings. The molecule has 0 bridgehead atoms. The molecule has 0 amide bonds. The number of halogens is 1. The van der Waals surface area contributed by atoms with Crippen molar-refractivity contribution in [2.75, 3.05) is 26.2 Å². The zero-order valence-corrected chi connectivity index (χ0v) is 20.3. The predicted octanol–water partition coefficient (Wildman–Crippen LogP) is 3.50. The van der Waals surface area contributed by atoms with Gasteiger partial charge in [-0.25, -0.2) is 14.0 Å². The molecule has 2 aromatic carbocycles. The minimum atomic E-state index is -0.753. The summed E-state index contributed by atoms with van der Waals surface area (Å²) in [5.41, 5.74) is 0.661. The van der Waals surface area contributed by atoms with Crippen LogP contribution >= 0.6 is 0 Å². The van der Waals surface area contributed by atoms with E-state index in [0.29, 0.717) is 42.0 Å². The molecule has 2 heterocycles. The van der Waals surface area contributed by atoms with E-state index in [0.717, 1.165) is 12.8 Å². The van der Waals surface area contributed by atoms with E-state index in [1.807, 2.05) is 0 Å². The Bertz CT molecular complexity index is 1240. The number of nitrogens with one attached hydrogen (secondary N) is 1. The lowest BCUT2D eigenvalue weighted by molar-refractivity contribution is 0.00613. The van der Waals surface area contributed by atoms with Gasteiger partial charge in [0.2, 0.25) is 0 Å². The van der Waals surface area contributed by atoms with Gasteiger partial charge in [-0.1, -0.05) is 12.1 Å². The molecule has 0 unspecified atom stereocenters. The first-order valence-corrected chi connectivity index (χ1v) is 11.9. The number of aliphatic hydroxyl groups excluding tert-OH is 1. The summed E-state index contributed by atoms with van der Waals surface area (Å²) in [7, 11) is 0. The number of nitrogens with zero attached hydrogens (tertiary/aromatic N) is 2. The quantitative estimate of drug-likeness (QED) is 0.498. The van der Waals surface area contributed by atoms with Gasteiger partial charge in [0.05, 0.1) is 11.0 Å². The molecule has 0 radical (unpaired) electrons. The summed E-state index contributed by atoms with van der Waals surface area (Å²) in [6, 6.07) is 11.2. The predicted molar refractivity (Wildman–Crippen MR) is 130 cm³/mol. The summed E-state index contributed by atoms with van der Waals surface area (Å²) < 4.78 is 26.4. The van der Waals surface area contributed by atoms with Crippen molar-refractivity contribution in [1.82, 2.24) is 14.5 Å². The van der Waals surface area contributed by atoms with E-state index in [9.17, 15) is 19.1 Å². The van der Waals surface area contributed by atoms with Gasteiger partial charge in [-0.3, -0.25) is 4.57 Å². The minimum Gasteiger partial charge on any atom is -0.490 e. The Morgan fingerprint density at radius 2 is 1.91 bits per heavy atom. The number of rotatable bonds is 7. The van der Waals surface area contributed by atoms with Gasteiger partial charge in [-0.2, -0.15) is 0 Å². The Kier molecular flexibility index (Phi) is 7.28. The molecule has 9 heteroatoms. The van der Waals surface area contributed by atoms with Crippen LogP contribution in [-0.2, 0) is 4.74 Å². The summed E-state index contributed by atoms with van der Waals surface area (Å²) in [5.74, 6) is -0.486. The number of carbonyl (C=O) groups excluding carboxylic acids is 1. The summed E-state index contributed by atoms with van der Waals surface area (Å²) in [6.07, 6.45) is 0.718. The third-order valence-electron chi connectivity index (χ3n) is 6.01. The van der Waals surface area contributed by atoms with E-state index in [-0.39, 0.29) is 24.2 Å². The monoisotopic (exact) mass is 485 g/mol. The number of H-pyrrole nitrogens is 1. The first-order chi connectivity index (χ1) is 16.6. The number of esters is 1. The summed E-state index contributed by atoms with van der Waals surface area (Å²) in [6.45, 7) is 7.26. The zero-order chi connectivity index (χ0) is 25.2. The third kappa shape index (κ3) is 6.10. The molecule has 1 aliphatic heterocycles. The number of aromatic amines is 1. The highest BCUT2D eigenvalue weighted by molar-refractivity contribution is 5.92. The fraction of sp³-hybridized carbons (Fsp3) is 0.462. The number of para-hydroxylation sites is 1. The Hall–Kier alpha value is -3.17. The SMILES string of the molecule is CC(C)(C)OC(=O)c1ccccc1OC[C@@H](O)CN1CCC(n2c(=O)[nH]c3cc(F)ccc32)CC1. The van der Waals surface area contributed by atoms with Crippen molar-refractivity contribution in [3.8, 4) is 5.75 Å². The van der Waals surface area contributed by atoms with Crippen LogP contribution in [0.25, 0.3) is 11.0 Å². The van der Waals surface area contributed by atoms with E-state index >= 15 is 0 Å². The lowest BCUT2D eigenvalue weighted by Crippen LogP contribution is -2.42. The summed E-state index contributed by atoms with van der Waals surface area (Å²) in [4.78, 5) is 29.8. The molecule has 0 spiro atoms. The van der Waals surface area contributed by atoms with Crippen molar-refractivity contribution >= 4 is 17.0 Å². The van der Waals surface area contributed by atoms with Gasteiger partial charge >= 0.3 is 11.7 Å². The molecular weight excluding hydrogens is 453 g/mol. The molecule has 8 nitrogen and oxygen atoms in total. The maximum absolute atomic E-state index is 13.5. The van der Waals surface area contributed by atoms with Gasteiger partial charge in [-0.15, -0.1) is 0 Å². The molecule has 1 aromatic heterocycles. The van der Waals surface area contributed by atoms with Gasteiger partial charge in [-0.05, 0) is 63.9 Å². The number of benzene rings is 2. The molecule has 2 N–H and O–H groups in total. The molecule has 35 heavy (non-hydrogen) atoms. The van der Waals surface area contributed by atoms with Crippen molar-refractivity contribution in [1.29, 1.82) is 0 Å². The van der Waals surface area contributed by atoms with Crippen molar-refractivity contribution in [3.63, 3.8) is 0 Å². The van der Waals surface area contributed by atoms with Gasteiger partial charge in [0.1, 0.15) is 35.4 Å². The zero-order valence-electron chi connectivity index (χ0n) is 20.3. The van der Waals surface area contributed by atoms with Crippen molar-refractivity contribution in [2.24, 2.45) is 0 Å². The van der Waals surface area contributed by atoms with Gasteiger partial charge in [0.15, 0.2) is 0 Å². The van der Waals surface area contributed by atoms with Crippen LogP contribution in [0.2, 0.25) is 0 Å². The van der Waals surface area contributed by atoms with Crippen LogP contribution in [0.4, 0.5) is 4.39 Å². The Morgan fingerprint density at radius 3 is 2.63 bits per heavy atom. The lowest BCUT2D eigenvalue weighted by Gasteiger charge is -2.33. The highest BCUT2D eigenvalue weighted by atomic mass is 19.1. The molecule has 1 saturated heterocycles. The Morgan fingerprint density at radius 1 is 1.20 bits per heavy atom. The van der Waals surface area contributed by atoms with Gasteiger partial charge in [0.25, 0.3) is 0 Å². The standard InChI is InChI=1S/C26H32FN3O5/c1-26(2,3)35-24(32)20-6-4-5-7-23(20)34-16-19(31)15-29-12-10-18(11-13-29)30-22-9-8-17(27)14-21(22)28-25(30)33/h4-9,14,18-19,31H,10-13,15-16H2,1-3H3,(H,28,33)/t19-/m0/s1. The second kappa shape index (κ2) is 10.2. The number of aromatic nitrogens is 2. The number of fused-ring (bicyclic) bond motifs is 1. The average molecular weight is 486 g/mol. The first kappa shape index (κ1) is 24.9. The van der Waals surface area contributed by atoms with Gasteiger partial charge in [0, 0.05) is 25.7 Å². The topological polar surface area (TPSA) is 96.8 Å². The molecule has 3 aromatic rings. The molecule has 4 rings (SSSR count). The summed E-state index contributed by atoms with van der Waals surface area (Å²) >= 11 is 0. The number of piperidine rings is 1. The molecule has 0 saturated carbocycles. The average Bonchev–Trinajstić information content (AvgIpc) is 3.12. The number of ether oxygens (including phenoxy) is 2. The molecule has 0 aliphatic carbocycles. The van der Waals surface area contributed by atoms with E-state index in [1.54, 1.807) is 55.7 Å². The first-order valence-electron chi connectivity index (χ1n) is 11.9. The highest BCUT2D eigenvalue weighted by Gasteiger charge is 2.26. The van der Waals surface area contributed by atoms with Crippen LogP contribution in [0.15, 0.2) is 47.3 Å². The molecule has 188 valence electrons. The van der Waals surface area contributed by atoms with Crippen LogP contribution in [0.1, 0.15) is 50.0 Å². The van der Waals surface area contributed by atoms with E-state index in [1.165, 1.54) is 12.1 Å². The Balaban J connectivity index is 1.31. The normalized spacial score (nSPS) is 16.4. The summed E-state index contributed by atoms with van der Waals surface area (Å²) in [5, 5.41) is 10.6. The molecular formula is C26H32FN3O5. The van der Waals surface area contributed by atoms with E-state index in [2.05, 4.69) is 9.88 Å². The number of aliphatic hydroxyl groups is 1. The van der Waals surface area contributed by atoms with E-state index in [4.69, 9.17) is 9.47 Å². The van der Waals surface area contributed by atoms with Crippen molar-refractivity contribution in [2.45, 2.75) is 51.4 Å². The largest absolute Gasteiger partial charge is 0.490 e. The number of likely N-dealkylation sites (tertiary alicyclic amines) is 1. The number of imidazole rings is 1. The maximum Gasteiger partial charge on any atom is 0.342 e. The van der Waals surface area contributed by atoms with Gasteiger partial charge < -0.3 is 24.5 Å². The van der Waals surface area contributed by atoms with Crippen LogP contribution in [0.3, 0.4) is 0 Å². The second-order valence-electron chi connectivity index (χ2n) is 9.96. The number of carbonyl (C=O) groups is 1. The number of hydrogen-bond donors (Lipinski definition) is 2. The maximum atomic E-state index is 13.5. The van der Waals surface area contributed by atoms with Crippen molar-refractivity contribution in [3.05, 3.63) is 64.3 Å². The number of β-amino-alcohol motifs (C(OH)–C–C–N with tert-alkyl or cyclic N) is 1. The van der Waals surface area contributed by atoms with Crippen LogP contribution in [0, 0.1) is 5.82 Å². The Labute approximate surface area is 203 Å². The third-order valence-corrected chi connectivity index (χ3v) is 6.01. The molecule has 1 fully saturated rings. The molecule has 1 atom stereocenters. The lowest BCUT2D eigenvalue weighted by atomic mass is 10.0.